The van der Waals surface area contributed by atoms with Crippen LogP contribution in [0, 0.1) is 11.3 Å². The molecule has 0 N–H and O–H groups in total. The van der Waals surface area contributed by atoms with Crippen molar-refractivity contribution in [2.75, 3.05) is 27.2 Å². The molecule has 1 heterocycles. The molecule has 21 heavy (non-hydrogen) atoms. The molecule has 1 fully saturated rings. The van der Waals surface area contributed by atoms with Crippen LogP contribution in [0.2, 0.25) is 0 Å². The van der Waals surface area contributed by atoms with Crippen LogP contribution in [0.1, 0.15) is 25.0 Å². The molecule has 5 heteroatoms. The number of carbonyl (C=O) groups excluding carboxylic acids is 1. The molecule has 1 aliphatic rings. The van der Waals surface area contributed by atoms with Crippen molar-refractivity contribution in [1.82, 2.24) is 9.80 Å². The first-order chi connectivity index (χ1) is 9.90. The second-order valence-corrected chi connectivity index (χ2v) is 5.85. The molecule has 5 nitrogen and oxygen atoms in total. The van der Waals surface area contributed by atoms with Gasteiger partial charge in [0.05, 0.1) is 24.3 Å². The summed E-state index contributed by atoms with van der Waals surface area (Å²) in [5.74, 6) is 0.861. The van der Waals surface area contributed by atoms with Crippen LogP contribution in [0.25, 0.3) is 0 Å². The van der Waals surface area contributed by atoms with Crippen LogP contribution in [-0.2, 0) is 11.3 Å². The summed E-state index contributed by atoms with van der Waals surface area (Å²) in [5, 5.41) is 9.05. The second kappa shape index (κ2) is 5.74. The Bertz CT molecular complexity index is 590. The Kier molecular flexibility index (Phi) is 4.19. The lowest BCUT2D eigenvalue weighted by Gasteiger charge is -2.44. The minimum absolute atomic E-state index is 0.115. The van der Waals surface area contributed by atoms with Crippen LogP contribution in [0.3, 0.4) is 0 Å². The predicted molar refractivity (Wildman–Crippen MR) is 79.8 cm³/mol. The molecule has 1 aromatic carbocycles. The van der Waals surface area contributed by atoms with E-state index in [0.29, 0.717) is 18.7 Å². The van der Waals surface area contributed by atoms with Crippen molar-refractivity contribution in [3.63, 3.8) is 0 Å². The summed E-state index contributed by atoms with van der Waals surface area (Å²) < 4.78 is 5.37. The van der Waals surface area contributed by atoms with Gasteiger partial charge in [-0.1, -0.05) is 0 Å². The molecule has 0 saturated carbocycles. The average molecular weight is 287 g/mol. The molecular weight excluding hydrogens is 266 g/mol. The van der Waals surface area contributed by atoms with Gasteiger partial charge < -0.3 is 9.64 Å². The van der Waals surface area contributed by atoms with Crippen LogP contribution < -0.4 is 4.74 Å². The molecule has 0 bridgehead atoms. The highest BCUT2D eigenvalue weighted by Crippen LogP contribution is 2.28. The Morgan fingerprint density at radius 2 is 2.10 bits per heavy atom. The number of carbonyl (C=O) groups is 1. The zero-order valence-electron chi connectivity index (χ0n) is 13.0. The Labute approximate surface area is 125 Å². The van der Waals surface area contributed by atoms with Gasteiger partial charge in [0, 0.05) is 32.2 Å². The van der Waals surface area contributed by atoms with Gasteiger partial charge in [0.25, 0.3) is 0 Å². The van der Waals surface area contributed by atoms with E-state index in [4.69, 9.17) is 10.00 Å². The van der Waals surface area contributed by atoms with Crippen molar-refractivity contribution in [1.29, 1.82) is 5.26 Å². The Morgan fingerprint density at radius 1 is 1.38 bits per heavy atom. The molecule has 1 aliphatic heterocycles. The fraction of sp³-hybridized carbons (Fsp3) is 0.500. The molecule has 0 spiro atoms. The molecule has 1 aromatic rings. The van der Waals surface area contributed by atoms with Crippen LogP contribution in [0.15, 0.2) is 18.2 Å². The maximum absolute atomic E-state index is 12.3. The fourth-order valence-corrected chi connectivity index (χ4v) is 2.71. The molecule has 0 aliphatic carbocycles. The highest BCUT2D eigenvalue weighted by molar-refractivity contribution is 5.86. The first-order valence-electron chi connectivity index (χ1n) is 6.97. The van der Waals surface area contributed by atoms with Crippen molar-refractivity contribution in [2.24, 2.45) is 0 Å². The van der Waals surface area contributed by atoms with E-state index in [2.05, 4.69) is 11.0 Å². The zero-order chi connectivity index (χ0) is 15.6. The van der Waals surface area contributed by atoms with Gasteiger partial charge in [-0.2, -0.15) is 5.26 Å². The topological polar surface area (TPSA) is 56.6 Å². The van der Waals surface area contributed by atoms with E-state index in [0.717, 1.165) is 17.9 Å². The summed E-state index contributed by atoms with van der Waals surface area (Å²) in [6.07, 6.45) is 0. The summed E-state index contributed by atoms with van der Waals surface area (Å²) in [4.78, 5) is 16.2. The van der Waals surface area contributed by atoms with Crippen LogP contribution >= 0.6 is 0 Å². The quantitative estimate of drug-likeness (QED) is 0.847. The highest BCUT2D eigenvalue weighted by atomic mass is 16.5. The number of ether oxygens (including phenoxy) is 1. The number of likely N-dealkylation sites (N-methyl/N-ethyl adjacent to an activating group) is 1. The summed E-state index contributed by atoms with van der Waals surface area (Å²) >= 11 is 0. The number of nitriles is 1. The normalized spacial score (nSPS) is 18.4. The van der Waals surface area contributed by atoms with Crippen molar-refractivity contribution < 1.29 is 9.53 Å². The van der Waals surface area contributed by atoms with E-state index in [1.807, 2.05) is 27.0 Å². The van der Waals surface area contributed by atoms with Crippen LogP contribution in [0.4, 0.5) is 0 Å². The summed E-state index contributed by atoms with van der Waals surface area (Å²) in [6, 6.07) is 7.52. The molecule has 112 valence electrons. The summed E-state index contributed by atoms with van der Waals surface area (Å²) in [6.45, 7) is 5.97. The average Bonchev–Trinajstić information content (AvgIpc) is 2.48. The minimum Gasteiger partial charge on any atom is -0.496 e. The van der Waals surface area contributed by atoms with Gasteiger partial charge in [-0.15, -0.1) is 0 Å². The molecule has 0 atom stereocenters. The molecule has 0 radical (unpaired) electrons. The van der Waals surface area contributed by atoms with Gasteiger partial charge in [0.15, 0.2) is 0 Å². The third-order valence-corrected chi connectivity index (χ3v) is 4.14. The predicted octanol–water partition coefficient (Wildman–Crippen LogP) is 1.62. The van der Waals surface area contributed by atoms with E-state index < -0.39 is 5.54 Å². The van der Waals surface area contributed by atoms with Gasteiger partial charge >= 0.3 is 0 Å². The fourth-order valence-electron chi connectivity index (χ4n) is 2.71. The number of methoxy groups -OCH3 is 1. The van der Waals surface area contributed by atoms with Crippen molar-refractivity contribution in [2.45, 2.75) is 25.9 Å². The highest BCUT2D eigenvalue weighted by Gasteiger charge is 2.40. The number of piperazine rings is 1. The maximum atomic E-state index is 12.3. The van der Waals surface area contributed by atoms with Gasteiger partial charge in [0.1, 0.15) is 5.75 Å². The Balaban J connectivity index is 2.29. The lowest BCUT2D eigenvalue weighted by Crippen LogP contribution is -2.61. The van der Waals surface area contributed by atoms with Gasteiger partial charge in [-0.05, 0) is 32.0 Å². The number of hydrogen-bond acceptors (Lipinski definition) is 4. The van der Waals surface area contributed by atoms with E-state index >= 15 is 0 Å². The minimum atomic E-state index is -0.555. The monoisotopic (exact) mass is 287 g/mol. The van der Waals surface area contributed by atoms with Crippen molar-refractivity contribution >= 4 is 5.91 Å². The third-order valence-electron chi connectivity index (χ3n) is 4.14. The van der Waals surface area contributed by atoms with Crippen LogP contribution in [0.5, 0.6) is 5.75 Å². The molecule has 0 aromatic heterocycles. The first kappa shape index (κ1) is 15.3. The summed E-state index contributed by atoms with van der Waals surface area (Å²) in [7, 11) is 3.45. The summed E-state index contributed by atoms with van der Waals surface area (Å²) in [5.41, 5.74) is 0.978. The Hall–Kier alpha value is -2.06. The van der Waals surface area contributed by atoms with Gasteiger partial charge in [0.2, 0.25) is 5.91 Å². The maximum Gasteiger partial charge on any atom is 0.242 e. The number of nitrogens with zero attached hydrogens (tertiary/aromatic N) is 3. The van der Waals surface area contributed by atoms with Crippen molar-refractivity contribution in [3.05, 3.63) is 29.3 Å². The molecular formula is C16H21N3O2. The van der Waals surface area contributed by atoms with E-state index in [9.17, 15) is 4.79 Å². The number of rotatable bonds is 3. The number of hydrogen-bond donors (Lipinski definition) is 0. The third kappa shape index (κ3) is 2.86. The van der Waals surface area contributed by atoms with E-state index in [-0.39, 0.29) is 5.91 Å². The molecule has 0 unspecified atom stereocenters. The Morgan fingerprint density at radius 3 is 2.71 bits per heavy atom. The number of amides is 1. The largest absolute Gasteiger partial charge is 0.496 e. The number of benzene rings is 1. The molecule has 2 rings (SSSR count). The lowest BCUT2D eigenvalue weighted by atomic mass is 9.96. The van der Waals surface area contributed by atoms with Gasteiger partial charge in [-0.25, -0.2) is 0 Å². The smallest absolute Gasteiger partial charge is 0.242 e. The first-order valence-corrected chi connectivity index (χ1v) is 6.97. The van der Waals surface area contributed by atoms with E-state index in [1.54, 1.807) is 24.1 Å². The van der Waals surface area contributed by atoms with Gasteiger partial charge in [-0.3, -0.25) is 9.69 Å². The molecule has 1 amide bonds. The van der Waals surface area contributed by atoms with Crippen LogP contribution in [-0.4, -0.2) is 48.5 Å². The SMILES string of the molecule is COc1ccc(C#N)cc1CN1CCN(C)C(=O)C1(C)C. The van der Waals surface area contributed by atoms with E-state index in [1.165, 1.54) is 0 Å². The lowest BCUT2D eigenvalue weighted by molar-refractivity contribution is -0.147. The second-order valence-electron chi connectivity index (χ2n) is 5.85. The zero-order valence-corrected chi connectivity index (χ0v) is 13.0. The standard InChI is InChI=1S/C16H21N3O2/c1-16(2)15(20)18(3)7-8-19(16)11-13-9-12(10-17)5-6-14(13)21-4/h5-6,9H,7-8,11H2,1-4H3. The van der Waals surface area contributed by atoms with Crippen molar-refractivity contribution in [3.8, 4) is 11.8 Å². The molecule has 1 saturated heterocycles.